The molecule has 3 N–H and O–H groups in total. The molecule has 20 heavy (non-hydrogen) atoms. The molecule has 2 atom stereocenters. The number of nitrogens with one attached hydrogen (secondary N) is 1. The normalized spacial score (nSPS) is 21.6. The van der Waals surface area contributed by atoms with Gasteiger partial charge in [0.15, 0.2) is 0 Å². The summed E-state index contributed by atoms with van der Waals surface area (Å²) in [7, 11) is -3.55. The molecule has 0 aliphatic heterocycles. The van der Waals surface area contributed by atoms with Crippen LogP contribution in [0.3, 0.4) is 0 Å². The van der Waals surface area contributed by atoms with Crippen molar-refractivity contribution in [3.8, 4) is 0 Å². The highest BCUT2D eigenvalue weighted by Crippen LogP contribution is 2.49. The number of hydrogen-bond acceptors (Lipinski definition) is 3. The summed E-state index contributed by atoms with van der Waals surface area (Å²) in [5.41, 5.74) is 0.891. The van der Waals surface area contributed by atoms with Crippen molar-refractivity contribution in [1.29, 1.82) is 0 Å². The number of sulfonamides is 1. The van der Waals surface area contributed by atoms with Crippen LogP contribution >= 0.6 is 23.2 Å². The standard InChI is InChI=1S/C12H14Cl2N2O3S/c13-7-1-2-8(11(14)5-7)9-6-10(9)12(17)16-3-4-20(15,18)19/h1-2,5,9-10H,3-4,6H2,(H,16,17)(H2,15,18,19). The number of amides is 1. The van der Waals surface area contributed by atoms with Crippen LogP contribution in [0.4, 0.5) is 0 Å². The maximum Gasteiger partial charge on any atom is 0.223 e. The summed E-state index contributed by atoms with van der Waals surface area (Å²) < 4.78 is 21.5. The predicted molar refractivity (Wildman–Crippen MR) is 78.3 cm³/mol. The first kappa shape index (κ1) is 15.6. The summed E-state index contributed by atoms with van der Waals surface area (Å²) in [5, 5.41) is 8.51. The van der Waals surface area contributed by atoms with Crippen LogP contribution < -0.4 is 10.5 Å². The third-order valence-corrected chi connectivity index (χ3v) is 4.51. The van der Waals surface area contributed by atoms with E-state index in [1.165, 1.54) is 0 Å². The van der Waals surface area contributed by atoms with Gasteiger partial charge in [0.25, 0.3) is 0 Å². The molecule has 0 saturated heterocycles. The van der Waals surface area contributed by atoms with Gasteiger partial charge in [-0.15, -0.1) is 0 Å². The molecule has 1 amide bonds. The summed E-state index contributed by atoms with van der Waals surface area (Å²) >= 11 is 11.9. The molecule has 0 aromatic heterocycles. The minimum absolute atomic E-state index is 0.0231. The molecule has 1 aliphatic rings. The van der Waals surface area contributed by atoms with Crippen molar-refractivity contribution in [2.45, 2.75) is 12.3 Å². The molecule has 110 valence electrons. The van der Waals surface area contributed by atoms with Crippen molar-refractivity contribution in [3.05, 3.63) is 33.8 Å². The second-order valence-corrected chi connectivity index (χ2v) is 7.35. The summed E-state index contributed by atoms with van der Waals surface area (Å²) in [5.74, 6) is -0.550. The van der Waals surface area contributed by atoms with Crippen molar-refractivity contribution in [2.75, 3.05) is 12.3 Å². The third kappa shape index (κ3) is 4.09. The quantitative estimate of drug-likeness (QED) is 0.853. The smallest absolute Gasteiger partial charge is 0.223 e. The molecule has 0 bridgehead atoms. The lowest BCUT2D eigenvalue weighted by Crippen LogP contribution is -2.32. The zero-order valence-corrected chi connectivity index (χ0v) is 12.8. The third-order valence-electron chi connectivity index (χ3n) is 3.17. The van der Waals surface area contributed by atoms with Crippen molar-refractivity contribution >= 4 is 39.1 Å². The molecule has 0 heterocycles. The number of hydrogen-bond donors (Lipinski definition) is 2. The van der Waals surface area contributed by atoms with Crippen molar-refractivity contribution < 1.29 is 13.2 Å². The first-order valence-electron chi connectivity index (χ1n) is 6.01. The molecular weight excluding hydrogens is 323 g/mol. The van der Waals surface area contributed by atoms with E-state index in [2.05, 4.69) is 5.32 Å². The van der Waals surface area contributed by atoms with Crippen LogP contribution in [-0.4, -0.2) is 26.6 Å². The fourth-order valence-electron chi connectivity index (χ4n) is 2.08. The van der Waals surface area contributed by atoms with Crippen LogP contribution in [0.2, 0.25) is 10.0 Å². The Balaban J connectivity index is 1.89. The number of primary sulfonamides is 1. The van der Waals surface area contributed by atoms with E-state index < -0.39 is 10.0 Å². The van der Waals surface area contributed by atoms with Gasteiger partial charge >= 0.3 is 0 Å². The molecule has 0 radical (unpaired) electrons. The highest BCUT2D eigenvalue weighted by atomic mass is 35.5. The summed E-state index contributed by atoms with van der Waals surface area (Å²) in [6.07, 6.45) is 0.697. The van der Waals surface area contributed by atoms with E-state index in [1.807, 2.05) is 6.07 Å². The molecule has 0 spiro atoms. The lowest BCUT2D eigenvalue weighted by molar-refractivity contribution is -0.122. The Morgan fingerprint density at radius 2 is 2.10 bits per heavy atom. The van der Waals surface area contributed by atoms with E-state index in [1.54, 1.807) is 12.1 Å². The average Bonchev–Trinajstić information content (AvgIpc) is 3.07. The summed E-state index contributed by atoms with van der Waals surface area (Å²) in [6.45, 7) is 0.0231. The van der Waals surface area contributed by atoms with Gasteiger partial charge in [-0.25, -0.2) is 13.6 Å². The Bertz CT molecular complexity index is 634. The van der Waals surface area contributed by atoms with Crippen LogP contribution in [-0.2, 0) is 14.8 Å². The van der Waals surface area contributed by atoms with E-state index in [0.29, 0.717) is 16.5 Å². The van der Waals surface area contributed by atoms with Gasteiger partial charge in [0.05, 0.1) is 5.75 Å². The first-order chi connectivity index (χ1) is 9.28. The average molecular weight is 337 g/mol. The van der Waals surface area contributed by atoms with Gasteiger partial charge in [0.2, 0.25) is 15.9 Å². The monoisotopic (exact) mass is 336 g/mol. The Morgan fingerprint density at radius 3 is 2.70 bits per heavy atom. The molecule has 2 rings (SSSR count). The maximum absolute atomic E-state index is 11.8. The van der Waals surface area contributed by atoms with E-state index in [-0.39, 0.29) is 30.0 Å². The van der Waals surface area contributed by atoms with Gasteiger partial charge < -0.3 is 5.32 Å². The van der Waals surface area contributed by atoms with E-state index in [9.17, 15) is 13.2 Å². The van der Waals surface area contributed by atoms with Crippen molar-refractivity contribution in [2.24, 2.45) is 11.1 Å². The molecule has 1 aromatic rings. The van der Waals surface area contributed by atoms with Gasteiger partial charge in [-0.05, 0) is 30.0 Å². The molecule has 1 aromatic carbocycles. The Labute approximate surface area is 127 Å². The first-order valence-corrected chi connectivity index (χ1v) is 8.48. The molecular formula is C12H14Cl2N2O3S. The van der Waals surface area contributed by atoms with Crippen LogP contribution in [0.15, 0.2) is 18.2 Å². The second-order valence-electron chi connectivity index (χ2n) is 4.77. The maximum atomic E-state index is 11.8. The SMILES string of the molecule is NS(=O)(=O)CCNC(=O)C1CC1c1ccc(Cl)cc1Cl. The highest BCUT2D eigenvalue weighted by Gasteiger charge is 2.44. The summed E-state index contributed by atoms with van der Waals surface area (Å²) in [4.78, 5) is 11.8. The molecule has 8 heteroatoms. The summed E-state index contributed by atoms with van der Waals surface area (Å²) in [6, 6.07) is 5.19. The lowest BCUT2D eigenvalue weighted by atomic mass is 10.1. The fourth-order valence-corrected chi connectivity index (χ4v) is 3.01. The van der Waals surface area contributed by atoms with Crippen LogP contribution in [0.5, 0.6) is 0 Å². The van der Waals surface area contributed by atoms with Gasteiger partial charge in [-0.2, -0.15) is 0 Å². The lowest BCUT2D eigenvalue weighted by Gasteiger charge is -2.05. The van der Waals surface area contributed by atoms with Crippen LogP contribution in [0.1, 0.15) is 17.9 Å². The number of nitrogens with two attached hydrogens (primary N) is 1. The molecule has 5 nitrogen and oxygen atoms in total. The van der Waals surface area contributed by atoms with Gasteiger partial charge in [-0.1, -0.05) is 29.3 Å². The number of benzene rings is 1. The Hall–Kier alpha value is -0.820. The Kier molecular flexibility index (Phi) is 4.59. The van der Waals surface area contributed by atoms with E-state index in [0.717, 1.165) is 5.56 Å². The Morgan fingerprint density at radius 1 is 1.40 bits per heavy atom. The van der Waals surface area contributed by atoms with E-state index in [4.69, 9.17) is 28.3 Å². The minimum atomic E-state index is -3.55. The largest absolute Gasteiger partial charge is 0.355 e. The van der Waals surface area contributed by atoms with Gasteiger partial charge in [-0.3, -0.25) is 4.79 Å². The number of rotatable bonds is 5. The molecule has 1 saturated carbocycles. The van der Waals surface area contributed by atoms with Gasteiger partial charge in [0, 0.05) is 22.5 Å². The van der Waals surface area contributed by atoms with Crippen LogP contribution in [0.25, 0.3) is 0 Å². The predicted octanol–water partition coefficient (Wildman–Crippen LogP) is 1.50. The van der Waals surface area contributed by atoms with Crippen molar-refractivity contribution in [3.63, 3.8) is 0 Å². The zero-order valence-electron chi connectivity index (χ0n) is 10.5. The second kappa shape index (κ2) is 5.89. The molecule has 1 fully saturated rings. The number of carbonyl (C=O) groups is 1. The number of carbonyl (C=O) groups excluding carboxylic acids is 1. The molecule has 2 unspecified atom stereocenters. The van der Waals surface area contributed by atoms with E-state index >= 15 is 0 Å². The van der Waals surface area contributed by atoms with Gasteiger partial charge in [0.1, 0.15) is 0 Å². The van der Waals surface area contributed by atoms with Crippen LogP contribution in [0, 0.1) is 5.92 Å². The highest BCUT2D eigenvalue weighted by molar-refractivity contribution is 7.89. The fraction of sp³-hybridized carbons (Fsp3) is 0.417. The minimum Gasteiger partial charge on any atom is -0.355 e. The van der Waals surface area contributed by atoms with Crippen molar-refractivity contribution in [1.82, 2.24) is 5.32 Å². The molecule has 1 aliphatic carbocycles. The zero-order chi connectivity index (χ0) is 14.9. The number of halogens is 2. The topological polar surface area (TPSA) is 89.3 Å².